The molecule has 13 heteroatoms. The van der Waals surface area contributed by atoms with E-state index in [1.807, 2.05) is 0 Å². The Hall–Kier alpha value is -3.43. The number of carbonyl (C=O) groups is 1. The number of nitriles is 1. The molecule has 0 amide bonds. The maximum atomic E-state index is 13.6. The molecule has 0 aromatic heterocycles. The number of Topliss-reactive ketones (excluding diaryl/α,β-unsaturated/α-hetero) is 1. The molecule has 42 heavy (non-hydrogen) atoms. The lowest BCUT2D eigenvalue weighted by Gasteiger charge is -2.41. The van der Waals surface area contributed by atoms with E-state index in [2.05, 4.69) is 16.7 Å². The molecular weight excluding hydrogens is 637 g/mol. The van der Waals surface area contributed by atoms with E-state index in [0.717, 1.165) is 0 Å². The lowest BCUT2D eigenvalue weighted by molar-refractivity contribution is -0.116. The third kappa shape index (κ3) is 6.03. The van der Waals surface area contributed by atoms with Crippen LogP contribution >= 0.6 is 47.0 Å². The molecule has 8 nitrogen and oxygen atoms in total. The van der Waals surface area contributed by atoms with Crippen molar-refractivity contribution in [2.75, 3.05) is 10.2 Å². The molecule has 2 aliphatic rings. The van der Waals surface area contributed by atoms with Crippen molar-refractivity contribution < 1.29 is 13.2 Å². The second-order valence-electron chi connectivity index (χ2n) is 9.57. The molecule has 0 fully saturated rings. The first kappa shape index (κ1) is 30.0. The van der Waals surface area contributed by atoms with E-state index in [1.165, 1.54) is 12.1 Å². The number of carbonyl (C=O) groups excluding carboxylic acids is 1. The summed E-state index contributed by atoms with van der Waals surface area (Å²) in [6, 6.07) is 20.0. The Bertz CT molecular complexity index is 1820. The van der Waals surface area contributed by atoms with Gasteiger partial charge in [0.2, 0.25) is 10.0 Å². The average Bonchev–Trinajstić information content (AvgIpc) is 2.93. The van der Waals surface area contributed by atoms with Crippen LogP contribution in [0.15, 0.2) is 94.3 Å². The number of rotatable bonds is 5. The van der Waals surface area contributed by atoms with Crippen molar-refractivity contribution >= 4 is 79.3 Å². The van der Waals surface area contributed by atoms with Gasteiger partial charge >= 0.3 is 0 Å². The average molecular weight is 659 g/mol. The predicted molar refractivity (Wildman–Crippen MR) is 169 cm³/mol. The summed E-state index contributed by atoms with van der Waals surface area (Å²) in [5.74, 6) is -0.632. The minimum atomic E-state index is -3.95. The van der Waals surface area contributed by atoms with Crippen LogP contribution in [-0.2, 0) is 14.8 Å². The van der Waals surface area contributed by atoms with Gasteiger partial charge < -0.3 is 10.6 Å². The van der Waals surface area contributed by atoms with E-state index in [-0.39, 0.29) is 27.2 Å². The van der Waals surface area contributed by atoms with Crippen LogP contribution in [-0.4, -0.2) is 19.3 Å². The van der Waals surface area contributed by atoms with Crippen LogP contribution in [0.3, 0.4) is 0 Å². The van der Waals surface area contributed by atoms with Gasteiger partial charge in [-0.2, -0.15) is 5.26 Å². The molecule has 4 N–H and O–H groups in total. The first-order valence-electron chi connectivity index (χ1n) is 12.6. The molecule has 0 saturated carbocycles. The number of primary sulfonamides is 1. The molecule has 214 valence electrons. The molecular formula is C29H22Cl3N5O3S2. The van der Waals surface area contributed by atoms with Gasteiger partial charge in [-0.1, -0.05) is 40.9 Å². The maximum Gasteiger partial charge on any atom is 0.238 e. The van der Waals surface area contributed by atoms with Crippen molar-refractivity contribution in [2.45, 2.75) is 30.1 Å². The topological polar surface area (TPSA) is 128 Å². The van der Waals surface area contributed by atoms with Crippen molar-refractivity contribution in [3.8, 4) is 6.07 Å². The molecule has 1 atom stereocenters. The Morgan fingerprint density at radius 3 is 2.26 bits per heavy atom. The van der Waals surface area contributed by atoms with E-state index < -0.39 is 15.9 Å². The fraction of sp³-hybridized carbons (Fsp3) is 0.138. The number of allylic oxidation sites excluding steroid dienone is 3. The summed E-state index contributed by atoms with van der Waals surface area (Å²) in [6.45, 7) is 0. The molecule has 1 aliphatic heterocycles. The minimum Gasteiger partial charge on any atom is -0.332 e. The fourth-order valence-electron chi connectivity index (χ4n) is 5.10. The van der Waals surface area contributed by atoms with E-state index in [9.17, 15) is 18.5 Å². The van der Waals surface area contributed by atoms with Crippen molar-refractivity contribution in [2.24, 2.45) is 5.14 Å². The molecule has 0 saturated heterocycles. The van der Waals surface area contributed by atoms with Crippen molar-refractivity contribution in [1.82, 2.24) is 5.32 Å². The molecule has 0 spiro atoms. The van der Waals surface area contributed by atoms with Gasteiger partial charge in [0, 0.05) is 44.1 Å². The summed E-state index contributed by atoms with van der Waals surface area (Å²) in [7, 11) is -3.95. The zero-order valence-electron chi connectivity index (χ0n) is 21.7. The third-order valence-electron chi connectivity index (χ3n) is 6.91. The quantitative estimate of drug-likeness (QED) is 0.261. The summed E-state index contributed by atoms with van der Waals surface area (Å²) in [5, 5.41) is 23.6. The minimum absolute atomic E-state index is 0.0815. The SMILES string of the molecule is N#CC1=C(NC(=S)Nc2ccc(Cl)cc2)N(c2ccc(S(N)(=O)=O)cc2)C2=C(C(=O)CCC2)C1c1ccc(Cl)cc1Cl. The number of nitrogens with zero attached hydrogens (tertiary/aromatic N) is 2. The normalized spacial score (nSPS) is 17.1. The first-order chi connectivity index (χ1) is 20.0. The van der Waals surface area contributed by atoms with Gasteiger partial charge in [-0.15, -0.1) is 0 Å². The number of nitrogens with one attached hydrogen (secondary N) is 2. The molecule has 3 aromatic rings. The Morgan fingerprint density at radius 1 is 0.976 bits per heavy atom. The zero-order valence-corrected chi connectivity index (χ0v) is 25.6. The van der Waals surface area contributed by atoms with Crippen molar-refractivity contribution in [1.29, 1.82) is 5.26 Å². The number of hydrogen-bond donors (Lipinski definition) is 3. The predicted octanol–water partition coefficient (Wildman–Crippen LogP) is 6.63. The second kappa shape index (κ2) is 12.1. The largest absolute Gasteiger partial charge is 0.332 e. The number of thiocarbonyl (C=S) groups is 1. The number of hydrogen-bond acceptors (Lipinski definition) is 6. The Morgan fingerprint density at radius 2 is 1.64 bits per heavy atom. The Kier molecular flexibility index (Phi) is 8.62. The number of anilines is 2. The van der Waals surface area contributed by atoms with Crippen LogP contribution in [0.2, 0.25) is 15.1 Å². The monoisotopic (exact) mass is 657 g/mol. The lowest BCUT2D eigenvalue weighted by Crippen LogP contribution is -2.43. The summed E-state index contributed by atoms with van der Waals surface area (Å²) in [6.07, 6.45) is 1.38. The summed E-state index contributed by atoms with van der Waals surface area (Å²) in [4.78, 5) is 15.2. The molecule has 5 rings (SSSR count). The molecule has 0 radical (unpaired) electrons. The highest BCUT2D eigenvalue weighted by Gasteiger charge is 2.42. The van der Waals surface area contributed by atoms with Gasteiger partial charge in [-0.25, -0.2) is 13.6 Å². The summed E-state index contributed by atoms with van der Waals surface area (Å²) >= 11 is 24.5. The number of ketones is 1. The van der Waals surface area contributed by atoms with Crippen LogP contribution < -0.4 is 20.7 Å². The molecule has 1 unspecified atom stereocenters. The van der Waals surface area contributed by atoms with Crippen LogP contribution in [0.5, 0.6) is 0 Å². The zero-order chi connectivity index (χ0) is 30.2. The van der Waals surface area contributed by atoms with E-state index in [1.54, 1.807) is 59.5 Å². The Labute approximate surface area is 263 Å². The first-order valence-corrected chi connectivity index (χ1v) is 15.7. The van der Waals surface area contributed by atoms with Gasteiger partial charge in [-0.05, 0) is 91.3 Å². The Balaban J connectivity index is 1.70. The van der Waals surface area contributed by atoms with Crippen molar-refractivity contribution in [3.05, 3.63) is 110 Å². The van der Waals surface area contributed by atoms with Gasteiger partial charge in [-0.3, -0.25) is 9.69 Å². The number of halogens is 3. The highest BCUT2D eigenvalue weighted by atomic mass is 35.5. The van der Waals surface area contributed by atoms with Gasteiger partial charge in [0.25, 0.3) is 0 Å². The number of sulfonamides is 1. The van der Waals surface area contributed by atoms with Crippen LogP contribution in [0.25, 0.3) is 0 Å². The highest BCUT2D eigenvalue weighted by molar-refractivity contribution is 7.89. The van der Waals surface area contributed by atoms with Gasteiger partial charge in [0.05, 0.1) is 22.5 Å². The van der Waals surface area contributed by atoms with E-state index in [4.69, 9.17) is 52.2 Å². The highest BCUT2D eigenvalue weighted by Crippen LogP contribution is 2.48. The second-order valence-corrected chi connectivity index (χ2v) is 12.8. The molecule has 1 heterocycles. The third-order valence-corrected chi connectivity index (χ3v) is 8.85. The number of nitrogens with two attached hydrogens (primary N) is 1. The van der Waals surface area contributed by atoms with E-state index in [0.29, 0.717) is 62.5 Å². The fourth-order valence-corrected chi connectivity index (χ4v) is 6.48. The van der Waals surface area contributed by atoms with Crippen molar-refractivity contribution in [3.63, 3.8) is 0 Å². The standard InChI is InChI=1S/C29H22Cl3N5O3S2/c30-16-4-7-18(8-5-16)35-29(41)36-28-22(15-33)26(21-13-6-17(31)14-23(21)32)27-24(2-1-3-25(27)38)37(28)19-9-11-20(12-10-19)42(34,39)40/h4-14,26H,1-3H2,(H2,34,39,40)(H2,35,36,41). The van der Waals surface area contributed by atoms with E-state index >= 15 is 0 Å². The number of benzene rings is 3. The summed E-state index contributed by atoms with van der Waals surface area (Å²) < 4.78 is 23.9. The lowest BCUT2D eigenvalue weighted by atomic mass is 9.75. The maximum absolute atomic E-state index is 13.6. The summed E-state index contributed by atoms with van der Waals surface area (Å²) in [5.41, 5.74) is 2.95. The van der Waals surface area contributed by atoms with Gasteiger partial charge in [0.15, 0.2) is 10.9 Å². The molecule has 0 bridgehead atoms. The van der Waals surface area contributed by atoms with Crippen LogP contribution in [0.1, 0.15) is 30.7 Å². The van der Waals surface area contributed by atoms with Crippen LogP contribution in [0, 0.1) is 11.3 Å². The smallest absolute Gasteiger partial charge is 0.238 e. The van der Waals surface area contributed by atoms with Gasteiger partial charge in [0.1, 0.15) is 5.82 Å². The van der Waals surface area contributed by atoms with Crippen LogP contribution in [0.4, 0.5) is 11.4 Å². The molecule has 3 aromatic carbocycles. The molecule has 1 aliphatic carbocycles.